The molecule has 20 heavy (non-hydrogen) atoms. The highest BCUT2D eigenvalue weighted by Gasteiger charge is 2.27. The molecule has 1 aromatic carbocycles. The molecule has 0 spiro atoms. The van der Waals surface area contributed by atoms with Crippen molar-refractivity contribution in [2.24, 2.45) is 5.41 Å². The number of rotatable bonds is 6. The van der Waals surface area contributed by atoms with Gasteiger partial charge in [-0.15, -0.1) is 11.8 Å². The maximum absolute atomic E-state index is 9.62. The van der Waals surface area contributed by atoms with Gasteiger partial charge < -0.3 is 9.84 Å². The molecule has 1 unspecified atom stereocenters. The first kappa shape index (κ1) is 17.3. The number of aliphatic hydroxyl groups excluding tert-OH is 1. The minimum atomic E-state index is 0.0484. The predicted molar refractivity (Wildman–Crippen MR) is 86.6 cm³/mol. The smallest absolute Gasteiger partial charge is 0.132 e. The van der Waals surface area contributed by atoms with Gasteiger partial charge in [0.15, 0.2) is 0 Å². The Kier molecular flexibility index (Phi) is 6.37. The van der Waals surface area contributed by atoms with Crippen LogP contribution in [0, 0.1) is 5.41 Å². The van der Waals surface area contributed by atoms with E-state index in [1.54, 1.807) is 18.9 Å². The van der Waals surface area contributed by atoms with E-state index in [0.29, 0.717) is 0 Å². The first-order valence-corrected chi connectivity index (χ1v) is 8.08. The van der Waals surface area contributed by atoms with E-state index in [1.807, 2.05) is 6.26 Å². The highest BCUT2D eigenvalue weighted by atomic mass is 32.2. The van der Waals surface area contributed by atoms with Crippen LogP contribution >= 0.6 is 11.8 Å². The van der Waals surface area contributed by atoms with E-state index in [0.717, 1.165) is 17.2 Å². The van der Waals surface area contributed by atoms with Crippen molar-refractivity contribution in [3.63, 3.8) is 0 Å². The molecular weight excluding hydrogens is 270 g/mol. The van der Waals surface area contributed by atoms with Gasteiger partial charge in [-0.05, 0) is 36.4 Å². The van der Waals surface area contributed by atoms with Crippen LogP contribution < -0.4 is 4.74 Å². The lowest BCUT2D eigenvalue weighted by Gasteiger charge is -2.36. The second-order valence-electron chi connectivity index (χ2n) is 6.17. The molecule has 1 rings (SSSR count). The van der Waals surface area contributed by atoms with Crippen molar-refractivity contribution >= 4 is 11.8 Å². The van der Waals surface area contributed by atoms with Gasteiger partial charge in [-0.25, -0.2) is 0 Å². The van der Waals surface area contributed by atoms with Gasteiger partial charge in [0.05, 0.1) is 13.7 Å². The summed E-state index contributed by atoms with van der Waals surface area (Å²) in [5.41, 5.74) is 1.25. The van der Waals surface area contributed by atoms with Crippen molar-refractivity contribution in [3.05, 3.63) is 23.8 Å². The normalized spacial score (nSPS) is 13.6. The van der Waals surface area contributed by atoms with Gasteiger partial charge in [0.2, 0.25) is 0 Å². The lowest BCUT2D eigenvalue weighted by molar-refractivity contribution is 0.0614. The fourth-order valence-electron chi connectivity index (χ4n) is 2.45. The number of methoxy groups -OCH3 is 1. The lowest BCUT2D eigenvalue weighted by atomic mass is 9.86. The van der Waals surface area contributed by atoms with Gasteiger partial charge in [0.1, 0.15) is 5.75 Å². The van der Waals surface area contributed by atoms with E-state index >= 15 is 0 Å². The first-order valence-electron chi connectivity index (χ1n) is 6.85. The number of ether oxygens (including phenoxy) is 1. The van der Waals surface area contributed by atoms with E-state index in [1.165, 1.54) is 5.56 Å². The average molecular weight is 297 g/mol. The number of nitrogens with zero attached hydrogens (tertiary/aromatic N) is 1. The van der Waals surface area contributed by atoms with Crippen molar-refractivity contribution in [2.75, 3.05) is 27.0 Å². The van der Waals surface area contributed by atoms with Gasteiger partial charge >= 0.3 is 0 Å². The Hall–Kier alpha value is -0.710. The van der Waals surface area contributed by atoms with Gasteiger partial charge in [0.25, 0.3) is 0 Å². The molecular formula is C16H27NO2S. The number of benzene rings is 1. The van der Waals surface area contributed by atoms with Crippen molar-refractivity contribution in [3.8, 4) is 5.75 Å². The minimum absolute atomic E-state index is 0.0484. The summed E-state index contributed by atoms with van der Waals surface area (Å²) in [6.45, 7) is 7.43. The van der Waals surface area contributed by atoms with Crippen LogP contribution in [-0.2, 0) is 6.54 Å². The summed E-state index contributed by atoms with van der Waals surface area (Å²) in [6, 6.07) is 6.44. The van der Waals surface area contributed by atoms with Gasteiger partial charge in [-0.3, -0.25) is 4.90 Å². The highest BCUT2D eigenvalue weighted by Crippen LogP contribution is 2.30. The first-order chi connectivity index (χ1) is 9.33. The number of aliphatic hydroxyl groups is 1. The Balaban J connectivity index is 2.87. The maximum Gasteiger partial charge on any atom is 0.132 e. The molecule has 0 aliphatic heterocycles. The molecule has 3 nitrogen and oxygen atoms in total. The molecule has 0 heterocycles. The van der Waals surface area contributed by atoms with E-state index in [9.17, 15) is 5.11 Å². The van der Waals surface area contributed by atoms with Crippen LogP contribution in [-0.4, -0.2) is 43.1 Å². The molecule has 0 saturated heterocycles. The summed E-state index contributed by atoms with van der Waals surface area (Å²) in [4.78, 5) is 3.35. The Morgan fingerprint density at radius 1 is 1.35 bits per heavy atom. The maximum atomic E-state index is 9.62. The summed E-state index contributed by atoms with van der Waals surface area (Å²) in [5.74, 6) is 0.916. The fraction of sp³-hybridized carbons (Fsp3) is 0.625. The van der Waals surface area contributed by atoms with Crippen LogP contribution in [0.5, 0.6) is 5.75 Å². The summed E-state index contributed by atoms with van der Waals surface area (Å²) in [7, 11) is 3.76. The molecule has 0 aliphatic carbocycles. The molecule has 0 saturated carbocycles. The quantitative estimate of drug-likeness (QED) is 0.817. The van der Waals surface area contributed by atoms with Crippen LogP contribution in [0.15, 0.2) is 23.1 Å². The largest absolute Gasteiger partial charge is 0.496 e. The van der Waals surface area contributed by atoms with Crippen molar-refractivity contribution in [1.82, 2.24) is 4.90 Å². The molecule has 0 aromatic heterocycles. The second kappa shape index (κ2) is 7.34. The van der Waals surface area contributed by atoms with Crippen molar-refractivity contribution < 1.29 is 9.84 Å². The summed E-state index contributed by atoms with van der Waals surface area (Å²) in [5, 5.41) is 9.62. The molecule has 1 N–H and O–H groups in total. The third kappa shape index (κ3) is 4.40. The Morgan fingerprint density at radius 3 is 2.45 bits per heavy atom. The zero-order chi connectivity index (χ0) is 15.3. The third-order valence-electron chi connectivity index (χ3n) is 3.58. The molecule has 0 aliphatic rings. The number of likely N-dealkylation sites (N-methyl/N-ethyl adjacent to an activating group) is 1. The minimum Gasteiger partial charge on any atom is -0.496 e. The Bertz CT molecular complexity index is 429. The molecule has 0 fully saturated rings. The molecule has 114 valence electrons. The Labute approximate surface area is 127 Å². The predicted octanol–water partition coefficient (Wildman–Crippen LogP) is 3.26. The Morgan fingerprint density at radius 2 is 2.00 bits per heavy atom. The fourth-order valence-corrected chi connectivity index (χ4v) is 3.00. The molecule has 1 atom stereocenters. The molecule has 0 radical (unpaired) electrons. The summed E-state index contributed by atoms with van der Waals surface area (Å²) >= 11 is 1.68. The van der Waals surface area contributed by atoms with Gasteiger partial charge in [0, 0.05) is 17.5 Å². The van der Waals surface area contributed by atoms with E-state index in [-0.39, 0.29) is 18.1 Å². The highest BCUT2D eigenvalue weighted by molar-refractivity contribution is 7.98. The average Bonchev–Trinajstić information content (AvgIpc) is 2.37. The molecule has 1 aromatic rings. The molecule has 0 bridgehead atoms. The zero-order valence-corrected chi connectivity index (χ0v) is 14.3. The number of hydrogen-bond acceptors (Lipinski definition) is 4. The number of hydrogen-bond donors (Lipinski definition) is 1. The van der Waals surface area contributed by atoms with Crippen LogP contribution in [0.2, 0.25) is 0 Å². The SMILES string of the molecule is COc1cc(CN(C)C(CO)C(C)(C)C)ccc1SC. The van der Waals surface area contributed by atoms with Crippen LogP contribution in [0.25, 0.3) is 0 Å². The summed E-state index contributed by atoms with van der Waals surface area (Å²) in [6.07, 6.45) is 2.05. The zero-order valence-electron chi connectivity index (χ0n) is 13.4. The van der Waals surface area contributed by atoms with E-state index in [4.69, 9.17) is 4.74 Å². The van der Waals surface area contributed by atoms with Gasteiger partial charge in [-0.1, -0.05) is 26.8 Å². The summed E-state index contributed by atoms with van der Waals surface area (Å²) < 4.78 is 5.42. The lowest BCUT2D eigenvalue weighted by Crippen LogP contribution is -2.43. The van der Waals surface area contributed by atoms with E-state index in [2.05, 4.69) is 50.9 Å². The molecule has 4 heteroatoms. The van der Waals surface area contributed by atoms with Crippen LogP contribution in [0.1, 0.15) is 26.3 Å². The monoisotopic (exact) mass is 297 g/mol. The van der Waals surface area contributed by atoms with Gasteiger partial charge in [-0.2, -0.15) is 0 Å². The topological polar surface area (TPSA) is 32.7 Å². The standard InChI is InChI=1S/C16H27NO2S/c1-16(2,3)15(11-18)17(4)10-12-7-8-14(20-6)13(9-12)19-5/h7-9,15,18H,10-11H2,1-6H3. The van der Waals surface area contributed by atoms with Crippen LogP contribution in [0.3, 0.4) is 0 Å². The second-order valence-corrected chi connectivity index (χ2v) is 7.02. The third-order valence-corrected chi connectivity index (χ3v) is 4.36. The van der Waals surface area contributed by atoms with Crippen molar-refractivity contribution in [2.45, 2.75) is 38.3 Å². The van der Waals surface area contributed by atoms with Crippen molar-refractivity contribution in [1.29, 1.82) is 0 Å². The van der Waals surface area contributed by atoms with Crippen LogP contribution in [0.4, 0.5) is 0 Å². The number of thioether (sulfide) groups is 1. The molecule has 0 amide bonds. The van der Waals surface area contributed by atoms with E-state index < -0.39 is 0 Å².